The van der Waals surface area contributed by atoms with Gasteiger partial charge in [-0.3, -0.25) is 9.59 Å². The van der Waals surface area contributed by atoms with Crippen molar-refractivity contribution in [1.82, 2.24) is 9.80 Å². The number of halogens is 2. The number of nitrogens with zero attached hydrogens (tertiary/aromatic N) is 4. The molecule has 2 heterocycles. The Morgan fingerprint density at radius 2 is 0.778 bits per heavy atom. The molecule has 0 aliphatic heterocycles. The second-order valence-electron chi connectivity index (χ2n) is 14.3. The van der Waals surface area contributed by atoms with E-state index >= 15 is 0 Å². The van der Waals surface area contributed by atoms with E-state index < -0.39 is 0 Å². The summed E-state index contributed by atoms with van der Waals surface area (Å²) in [5.74, 6) is 0.204. The van der Waals surface area contributed by atoms with Crippen molar-refractivity contribution in [3.8, 4) is 0 Å². The molecule has 0 unspecified atom stereocenters. The van der Waals surface area contributed by atoms with Gasteiger partial charge in [-0.2, -0.15) is 0 Å². The van der Waals surface area contributed by atoms with E-state index in [0.29, 0.717) is 13.1 Å². The Bertz CT molecular complexity index is 1430. The minimum atomic E-state index is 0. The first-order chi connectivity index (χ1) is 25.6. The molecule has 0 radical (unpaired) electrons. The number of amides is 2. The lowest BCUT2D eigenvalue weighted by Gasteiger charge is -2.23. The molecule has 6 nitrogen and oxygen atoms in total. The van der Waals surface area contributed by atoms with E-state index in [1.54, 1.807) is 0 Å². The zero-order chi connectivity index (χ0) is 36.6. The van der Waals surface area contributed by atoms with E-state index in [2.05, 4.69) is 72.0 Å². The first kappa shape index (κ1) is 46.8. The summed E-state index contributed by atoms with van der Waals surface area (Å²) >= 11 is 0. The fourth-order valence-corrected chi connectivity index (χ4v) is 6.73. The summed E-state index contributed by atoms with van der Waals surface area (Å²) in [6, 6.07) is 28.6. The molecule has 0 fully saturated rings. The smallest absolute Gasteiger partial charge is 0.254 e. The third-order valence-corrected chi connectivity index (χ3v) is 9.93. The maximum Gasteiger partial charge on any atom is 0.254 e. The normalized spacial score (nSPS) is 10.6. The monoisotopic (exact) mass is 862 g/mol. The van der Waals surface area contributed by atoms with Crippen molar-refractivity contribution in [2.45, 2.75) is 130 Å². The number of hydrogen-bond acceptors (Lipinski definition) is 2. The number of carbonyl (C=O) groups excluding carboxylic acids is 2. The Labute approximate surface area is 347 Å². The fourth-order valence-electron chi connectivity index (χ4n) is 6.73. The standard InChI is InChI=1S/C46H64N4O2.2BrH/c1-3-5-7-19-31-47-35-27-43(28-36-47)45(51)49(39-41-23-15-13-16-24-41)33-21-11-9-10-12-22-34-50(40-42-25-17-14-18-26-42)46(52)44-29-37-48(38-30-44)32-20-8-6-4-2;;/h13-18,23-30,35-38H,3-12,19-22,31-34,39-40H2,1-2H3;2*1H/q+2;;/p-2. The Hall–Kier alpha value is -3.36. The molecule has 2 amide bonds. The summed E-state index contributed by atoms with van der Waals surface area (Å²) < 4.78 is 4.38. The predicted octanol–water partition coefficient (Wildman–Crippen LogP) is 3.76. The molecule has 2 aromatic heterocycles. The number of unbranched alkanes of at least 4 members (excludes halogenated alkanes) is 11. The van der Waals surface area contributed by atoms with Gasteiger partial charge in [0.05, 0.1) is 11.1 Å². The van der Waals surface area contributed by atoms with E-state index in [1.165, 1.54) is 51.4 Å². The van der Waals surface area contributed by atoms with Crippen molar-refractivity contribution in [3.63, 3.8) is 0 Å². The van der Waals surface area contributed by atoms with E-state index in [1.807, 2.05) is 70.5 Å². The Morgan fingerprint density at radius 1 is 0.444 bits per heavy atom. The van der Waals surface area contributed by atoms with E-state index in [4.69, 9.17) is 0 Å². The quantitative estimate of drug-likeness (QED) is 0.0754. The van der Waals surface area contributed by atoms with Crippen molar-refractivity contribution in [3.05, 3.63) is 132 Å². The number of benzene rings is 2. The topological polar surface area (TPSA) is 48.4 Å². The molecule has 4 aromatic rings. The van der Waals surface area contributed by atoms with Crippen molar-refractivity contribution in [1.29, 1.82) is 0 Å². The highest BCUT2D eigenvalue weighted by Gasteiger charge is 2.19. The minimum Gasteiger partial charge on any atom is -1.00 e. The molecular formula is C46H64Br2N4O2. The maximum atomic E-state index is 13.7. The van der Waals surface area contributed by atoms with Gasteiger partial charge in [0, 0.05) is 63.3 Å². The van der Waals surface area contributed by atoms with Crippen molar-refractivity contribution in [2.75, 3.05) is 13.1 Å². The third-order valence-electron chi connectivity index (χ3n) is 9.93. The zero-order valence-corrected chi connectivity index (χ0v) is 36.1. The number of pyridine rings is 2. The van der Waals surface area contributed by atoms with E-state index in [-0.39, 0.29) is 45.8 Å². The Balaban J connectivity index is 0.00000504. The lowest BCUT2D eigenvalue weighted by atomic mass is 10.1. The molecule has 0 atom stereocenters. The van der Waals surface area contributed by atoms with Crippen LogP contribution in [-0.2, 0) is 26.2 Å². The lowest BCUT2D eigenvalue weighted by Crippen LogP contribution is -3.00. The largest absolute Gasteiger partial charge is 1.00 e. The van der Waals surface area contributed by atoms with Crippen LogP contribution < -0.4 is 43.1 Å². The average molecular weight is 865 g/mol. The van der Waals surface area contributed by atoms with Crippen LogP contribution >= 0.6 is 0 Å². The van der Waals surface area contributed by atoms with Gasteiger partial charge in [0.15, 0.2) is 24.8 Å². The second-order valence-corrected chi connectivity index (χ2v) is 14.3. The van der Waals surface area contributed by atoms with Crippen molar-refractivity contribution < 1.29 is 52.7 Å². The average Bonchev–Trinajstić information content (AvgIpc) is 3.19. The first-order valence-corrected chi connectivity index (χ1v) is 20.2. The third kappa shape index (κ3) is 17.4. The zero-order valence-electron chi connectivity index (χ0n) is 32.9. The van der Waals surface area contributed by atoms with Crippen LogP contribution in [0.25, 0.3) is 0 Å². The molecular weight excluding hydrogens is 800 g/mol. The predicted molar refractivity (Wildman–Crippen MR) is 212 cm³/mol. The maximum absolute atomic E-state index is 13.7. The van der Waals surface area contributed by atoms with Crippen LogP contribution in [0, 0.1) is 0 Å². The Kier molecular flexibility index (Phi) is 24.4. The highest BCUT2D eigenvalue weighted by Crippen LogP contribution is 2.15. The molecule has 54 heavy (non-hydrogen) atoms. The molecule has 2 aromatic carbocycles. The van der Waals surface area contributed by atoms with Gasteiger partial charge in [0.2, 0.25) is 0 Å². The second kappa shape index (κ2) is 28.1. The van der Waals surface area contributed by atoms with Gasteiger partial charge < -0.3 is 43.8 Å². The van der Waals surface area contributed by atoms with Crippen LogP contribution in [0.15, 0.2) is 110 Å². The van der Waals surface area contributed by atoms with Gasteiger partial charge in [-0.15, -0.1) is 0 Å². The molecule has 4 rings (SSSR count). The van der Waals surface area contributed by atoms with Gasteiger partial charge in [-0.25, -0.2) is 9.13 Å². The summed E-state index contributed by atoms with van der Waals surface area (Å²) in [4.78, 5) is 31.4. The molecule has 8 heteroatoms. The molecule has 0 saturated heterocycles. The highest BCUT2D eigenvalue weighted by atomic mass is 79.9. The number of aryl methyl sites for hydroxylation is 2. The van der Waals surface area contributed by atoms with Crippen LogP contribution in [0.5, 0.6) is 0 Å². The molecule has 0 saturated carbocycles. The summed E-state index contributed by atoms with van der Waals surface area (Å²) in [6.45, 7) is 9.19. The van der Waals surface area contributed by atoms with Crippen LogP contribution in [0.1, 0.15) is 136 Å². The van der Waals surface area contributed by atoms with Gasteiger partial charge in [0.25, 0.3) is 11.8 Å². The minimum absolute atomic E-state index is 0. The molecule has 0 aliphatic carbocycles. The number of hydrogen-bond donors (Lipinski definition) is 0. The van der Waals surface area contributed by atoms with Crippen LogP contribution in [0.2, 0.25) is 0 Å². The molecule has 0 aliphatic rings. The van der Waals surface area contributed by atoms with Crippen LogP contribution in [0.4, 0.5) is 0 Å². The van der Waals surface area contributed by atoms with Gasteiger partial charge >= 0.3 is 0 Å². The van der Waals surface area contributed by atoms with Crippen molar-refractivity contribution >= 4 is 11.8 Å². The van der Waals surface area contributed by atoms with Gasteiger partial charge in [0.1, 0.15) is 13.1 Å². The summed E-state index contributed by atoms with van der Waals surface area (Å²) in [5, 5.41) is 0. The molecule has 0 bridgehead atoms. The number of carbonyl (C=O) groups is 2. The lowest BCUT2D eigenvalue weighted by molar-refractivity contribution is -0.697. The van der Waals surface area contributed by atoms with Crippen LogP contribution in [-0.4, -0.2) is 34.7 Å². The summed E-state index contributed by atoms with van der Waals surface area (Å²) in [6.07, 6.45) is 24.4. The summed E-state index contributed by atoms with van der Waals surface area (Å²) in [7, 11) is 0. The Morgan fingerprint density at radius 3 is 1.13 bits per heavy atom. The van der Waals surface area contributed by atoms with E-state index in [9.17, 15) is 9.59 Å². The first-order valence-electron chi connectivity index (χ1n) is 20.2. The van der Waals surface area contributed by atoms with Gasteiger partial charge in [-0.05, 0) is 36.8 Å². The molecule has 0 N–H and O–H groups in total. The van der Waals surface area contributed by atoms with Gasteiger partial charge in [-0.1, -0.05) is 126 Å². The molecule has 294 valence electrons. The van der Waals surface area contributed by atoms with Crippen molar-refractivity contribution in [2.24, 2.45) is 0 Å². The fraction of sp³-hybridized carbons (Fsp3) is 0.478. The number of rotatable bonds is 25. The SMILES string of the molecule is CCCCCC[n+]1ccc(C(=O)N(CCCCCCCCN(Cc2ccccc2)C(=O)c2cc[n+](CCCCCC)cc2)Cc2ccccc2)cc1.[Br-].[Br-]. The van der Waals surface area contributed by atoms with Crippen LogP contribution in [0.3, 0.4) is 0 Å². The number of aromatic nitrogens is 2. The summed E-state index contributed by atoms with van der Waals surface area (Å²) in [5.41, 5.74) is 3.83. The highest BCUT2D eigenvalue weighted by molar-refractivity contribution is 5.94. The molecule has 0 spiro atoms. The van der Waals surface area contributed by atoms with E-state index in [0.717, 1.165) is 87.0 Å².